The zero-order chi connectivity index (χ0) is 20.0. The highest BCUT2D eigenvalue weighted by molar-refractivity contribution is 5.80. The van der Waals surface area contributed by atoms with Gasteiger partial charge in [0.25, 0.3) is 0 Å². The fourth-order valence-electron chi connectivity index (χ4n) is 3.79. The number of benzene rings is 1. The highest BCUT2D eigenvalue weighted by Gasteiger charge is 2.35. The van der Waals surface area contributed by atoms with E-state index in [2.05, 4.69) is 48.6 Å². The highest BCUT2D eigenvalue weighted by Crippen LogP contribution is 2.36. The van der Waals surface area contributed by atoms with E-state index in [9.17, 15) is 5.11 Å². The van der Waals surface area contributed by atoms with Crippen molar-refractivity contribution >= 4 is 5.96 Å². The van der Waals surface area contributed by atoms with Crippen molar-refractivity contribution < 1.29 is 5.11 Å². The van der Waals surface area contributed by atoms with E-state index in [-0.39, 0.29) is 17.6 Å². The lowest BCUT2D eigenvalue weighted by molar-refractivity contribution is 0.00716. The van der Waals surface area contributed by atoms with Crippen LogP contribution in [0.3, 0.4) is 0 Å². The minimum Gasteiger partial charge on any atom is -0.392 e. The van der Waals surface area contributed by atoms with Crippen molar-refractivity contribution in [2.75, 3.05) is 13.1 Å². The lowest BCUT2D eigenvalue weighted by atomic mass is 9.73. The molecule has 28 heavy (non-hydrogen) atoms. The van der Waals surface area contributed by atoms with E-state index >= 15 is 0 Å². The third-order valence-electron chi connectivity index (χ3n) is 5.71. The summed E-state index contributed by atoms with van der Waals surface area (Å²) in [4.78, 5) is 4.81. The van der Waals surface area contributed by atoms with Crippen molar-refractivity contribution in [2.45, 2.75) is 58.6 Å². The molecular formula is C22H33N5O. The number of aliphatic hydroxyl groups is 1. The van der Waals surface area contributed by atoms with Crippen LogP contribution in [0.4, 0.5) is 0 Å². The first-order valence-corrected chi connectivity index (χ1v) is 10.3. The molecule has 3 atom stereocenters. The van der Waals surface area contributed by atoms with E-state index in [1.807, 2.05) is 29.1 Å². The summed E-state index contributed by atoms with van der Waals surface area (Å²) in [6, 6.07) is 10.4. The predicted molar refractivity (Wildman–Crippen MR) is 114 cm³/mol. The maximum absolute atomic E-state index is 10.4. The van der Waals surface area contributed by atoms with Crippen molar-refractivity contribution in [2.24, 2.45) is 10.4 Å². The quantitative estimate of drug-likeness (QED) is 0.528. The van der Waals surface area contributed by atoms with Crippen molar-refractivity contribution in [3.63, 3.8) is 0 Å². The molecule has 0 radical (unpaired) electrons. The zero-order valence-corrected chi connectivity index (χ0v) is 17.2. The molecule has 0 bridgehead atoms. The molecule has 1 fully saturated rings. The topological polar surface area (TPSA) is 74.5 Å². The lowest BCUT2D eigenvalue weighted by Gasteiger charge is -2.37. The fourth-order valence-corrected chi connectivity index (χ4v) is 3.79. The normalized spacial score (nSPS) is 24.0. The number of rotatable bonds is 6. The van der Waals surface area contributed by atoms with Gasteiger partial charge in [-0.3, -0.25) is 4.99 Å². The second-order valence-corrected chi connectivity index (χ2v) is 8.02. The van der Waals surface area contributed by atoms with Gasteiger partial charge in [0, 0.05) is 24.4 Å². The first-order chi connectivity index (χ1) is 13.5. The van der Waals surface area contributed by atoms with Crippen LogP contribution < -0.4 is 10.6 Å². The molecule has 1 aliphatic carbocycles. The minimum atomic E-state index is -0.268. The first-order valence-electron chi connectivity index (χ1n) is 10.3. The van der Waals surface area contributed by atoms with Gasteiger partial charge in [0.2, 0.25) is 0 Å². The molecule has 1 aliphatic rings. The largest absolute Gasteiger partial charge is 0.392 e. The number of guanidine groups is 1. The lowest BCUT2D eigenvalue weighted by Crippen LogP contribution is -2.42. The maximum Gasteiger partial charge on any atom is 0.191 e. The molecule has 1 heterocycles. The molecular weight excluding hydrogens is 350 g/mol. The Hall–Kier alpha value is -2.34. The van der Waals surface area contributed by atoms with E-state index in [4.69, 9.17) is 4.99 Å². The Morgan fingerprint density at radius 1 is 1.39 bits per heavy atom. The SMILES string of the molecule is CCNC(=NCC1(C)CCCCC1O)NC(C)c1cccc(-n2cccn2)c1. The monoisotopic (exact) mass is 383 g/mol. The molecule has 0 saturated heterocycles. The van der Waals surface area contributed by atoms with Crippen LogP contribution in [0.1, 0.15) is 58.1 Å². The second-order valence-electron chi connectivity index (χ2n) is 8.02. The molecule has 3 N–H and O–H groups in total. The standard InChI is InChI=1S/C22H33N5O/c1-4-23-21(24-16-22(3)12-6-5-11-20(22)28)26-17(2)18-9-7-10-19(15-18)27-14-8-13-25-27/h7-10,13-15,17,20,28H,4-6,11-12,16H2,1-3H3,(H2,23,24,26). The summed E-state index contributed by atoms with van der Waals surface area (Å²) >= 11 is 0. The van der Waals surface area contributed by atoms with Gasteiger partial charge in [-0.25, -0.2) is 4.68 Å². The molecule has 0 aliphatic heterocycles. The third kappa shape index (κ3) is 4.93. The Morgan fingerprint density at radius 2 is 2.25 bits per heavy atom. The zero-order valence-electron chi connectivity index (χ0n) is 17.2. The number of nitrogens with one attached hydrogen (secondary N) is 2. The molecule has 0 amide bonds. The summed E-state index contributed by atoms with van der Waals surface area (Å²) < 4.78 is 1.86. The van der Waals surface area contributed by atoms with E-state index in [0.717, 1.165) is 37.5 Å². The van der Waals surface area contributed by atoms with E-state index in [1.165, 1.54) is 12.0 Å². The molecule has 152 valence electrons. The second kappa shape index (κ2) is 9.24. The van der Waals surface area contributed by atoms with Crippen LogP contribution in [0, 0.1) is 5.41 Å². The molecule has 3 rings (SSSR count). The van der Waals surface area contributed by atoms with E-state index in [1.54, 1.807) is 6.20 Å². The Balaban J connectivity index is 1.70. The molecule has 2 aromatic rings. The molecule has 6 heteroatoms. The van der Waals surface area contributed by atoms with Gasteiger partial charge < -0.3 is 15.7 Å². The first kappa shape index (κ1) is 20.4. The summed E-state index contributed by atoms with van der Waals surface area (Å²) in [5, 5.41) is 21.6. The molecule has 6 nitrogen and oxygen atoms in total. The molecule has 1 saturated carbocycles. The molecule has 0 spiro atoms. The van der Waals surface area contributed by atoms with E-state index in [0.29, 0.717) is 6.54 Å². The van der Waals surface area contributed by atoms with Crippen LogP contribution in [-0.4, -0.2) is 40.0 Å². The number of hydrogen-bond acceptors (Lipinski definition) is 3. The van der Waals surface area contributed by atoms with Gasteiger partial charge in [-0.15, -0.1) is 0 Å². The highest BCUT2D eigenvalue weighted by atomic mass is 16.3. The molecule has 1 aromatic heterocycles. The van der Waals surface area contributed by atoms with Crippen molar-refractivity contribution in [1.82, 2.24) is 20.4 Å². The van der Waals surface area contributed by atoms with Gasteiger partial charge in [-0.2, -0.15) is 5.10 Å². The minimum absolute atomic E-state index is 0.0948. The van der Waals surface area contributed by atoms with Gasteiger partial charge in [0.15, 0.2) is 5.96 Å². The number of aliphatic hydroxyl groups excluding tert-OH is 1. The summed E-state index contributed by atoms with van der Waals surface area (Å²) in [6.07, 6.45) is 7.65. The average molecular weight is 384 g/mol. The van der Waals surface area contributed by atoms with Crippen LogP contribution in [-0.2, 0) is 0 Å². The van der Waals surface area contributed by atoms with Crippen molar-refractivity contribution in [3.05, 3.63) is 48.3 Å². The molecule has 1 aromatic carbocycles. The number of aromatic nitrogens is 2. The van der Waals surface area contributed by atoms with Crippen molar-refractivity contribution in [1.29, 1.82) is 0 Å². The fraction of sp³-hybridized carbons (Fsp3) is 0.545. The van der Waals surface area contributed by atoms with Crippen LogP contribution in [0.5, 0.6) is 0 Å². The Kier molecular flexibility index (Phi) is 6.73. The van der Waals surface area contributed by atoms with Gasteiger partial charge in [0.05, 0.1) is 24.4 Å². The smallest absolute Gasteiger partial charge is 0.191 e. The Bertz CT molecular complexity index is 773. The van der Waals surface area contributed by atoms with Crippen LogP contribution >= 0.6 is 0 Å². The van der Waals surface area contributed by atoms with Gasteiger partial charge in [-0.1, -0.05) is 31.9 Å². The summed E-state index contributed by atoms with van der Waals surface area (Å²) in [6.45, 7) is 7.78. The summed E-state index contributed by atoms with van der Waals surface area (Å²) in [7, 11) is 0. The van der Waals surface area contributed by atoms with Crippen LogP contribution in [0.25, 0.3) is 5.69 Å². The summed E-state index contributed by atoms with van der Waals surface area (Å²) in [5.41, 5.74) is 2.07. The average Bonchev–Trinajstić information content (AvgIpc) is 3.24. The van der Waals surface area contributed by atoms with Gasteiger partial charge >= 0.3 is 0 Å². The van der Waals surface area contributed by atoms with Crippen molar-refractivity contribution in [3.8, 4) is 5.69 Å². The number of nitrogens with zero attached hydrogens (tertiary/aromatic N) is 3. The van der Waals surface area contributed by atoms with Gasteiger partial charge in [-0.05, 0) is 50.5 Å². The van der Waals surface area contributed by atoms with Crippen LogP contribution in [0.2, 0.25) is 0 Å². The Morgan fingerprint density at radius 3 is 2.96 bits per heavy atom. The number of hydrogen-bond donors (Lipinski definition) is 3. The Labute approximate surface area is 168 Å². The van der Waals surface area contributed by atoms with Gasteiger partial charge in [0.1, 0.15) is 0 Å². The molecule has 3 unspecified atom stereocenters. The summed E-state index contributed by atoms with van der Waals surface area (Å²) in [5.74, 6) is 0.790. The van der Waals surface area contributed by atoms with E-state index < -0.39 is 0 Å². The number of aliphatic imine (C=N–C) groups is 1. The maximum atomic E-state index is 10.4. The van der Waals surface area contributed by atoms with Crippen LogP contribution in [0.15, 0.2) is 47.7 Å². The third-order valence-corrected chi connectivity index (χ3v) is 5.71. The predicted octanol–water partition coefficient (Wildman–Crippen LogP) is 3.43.